The van der Waals surface area contributed by atoms with Gasteiger partial charge in [-0.1, -0.05) is 55.0 Å². The molecule has 0 atom stereocenters. The minimum Gasteiger partial charge on any atom is -0.337 e. The van der Waals surface area contributed by atoms with Gasteiger partial charge in [-0.2, -0.15) is 0 Å². The summed E-state index contributed by atoms with van der Waals surface area (Å²) in [5, 5.41) is 5.20. The maximum atomic E-state index is 12.3. The molecule has 3 amide bonds. The highest BCUT2D eigenvalue weighted by Crippen LogP contribution is 2.24. The van der Waals surface area contributed by atoms with E-state index in [4.69, 9.17) is 0 Å². The van der Waals surface area contributed by atoms with Crippen molar-refractivity contribution in [3.8, 4) is 10.6 Å². The van der Waals surface area contributed by atoms with Crippen molar-refractivity contribution in [3.05, 3.63) is 75.8 Å². The van der Waals surface area contributed by atoms with E-state index in [0.29, 0.717) is 6.54 Å². The lowest BCUT2D eigenvalue weighted by Crippen LogP contribution is -2.47. The average Bonchev–Trinajstić information content (AvgIpc) is 3.27. The van der Waals surface area contributed by atoms with E-state index < -0.39 is 11.9 Å². The molecule has 3 rings (SSSR count). The quantitative estimate of drug-likeness (QED) is 0.375. The van der Waals surface area contributed by atoms with Crippen molar-refractivity contribution < 1.29 is 9.59 Å². The molecule has 0 spiro atoms. The van der Waals surface area contributed by atoms with E-state index in [9.17, 15) is 9.59 Å². The highest BCUT2D eigenvalue weighted by molar-refractivity contribution is 7.13. The minimum absolute atomic E-state index is 0.273. The zero-order valence-electron chi connectivity index (χ0n) is 18.1. The van der Waals surface area contributed by atoms with Crippen LogP contribution in [0.4, 0.5) is 4.79 Å². The van der Waals surface area contributed by atoms with Gasteiger partial charge in [0.05, 0.1) is 0 Å². The highest BCUT2D eigenvalue weighted by Gasteiger charge is 2.12. The van der Waals surface area contributed by atoms with Crippen LogP contribution in [0.3, 0.4) is 0 Å². The van der Waals surface area contributed by atoms with E-state index in [1.165, 1.54) is 33.6 Å². The number of benzene rings is 2. The summed E-state index contributed by atoms with van der Waals surface area (Å²) in [6.07, 6.45) is 2.68. The van der Waals surface area contributed by atoms with Crippen molar-refractivity contribution in [1.82, 2.24) is 21.2 Å². The highest BCUT2D eigenvalue weighted by atomic mass is 32.1. The number of hydrogen-bond acceptors (Lipinski definition) is 4. The van der Waals surface area contributed by atoms with Crippen LogP contribution < -0.4 is 16.2 Å². The Morgan fingerprint density at radius 1 is 1.03 bits per heavy atom. The standard InChI is InChI=1S/C24H28N4O2S/c1-4-18-8-11-20(12-9-18)23-26-21(15-31-23)22(29)27-28-24(30)25-13-5-6-19-10-7-16(2)14-17(19)3/h7-12,14-15H,4-6,13H2,1-3H3,(H,27,29)(H2,25,28,30). The van der Waals surface area contributed by atoms with Crippen molar-refractivity contribution in [2.75, 3.05) is 6.54 Å². The largest absolute Gasteiger partial charge is 0.337 e. The monoisotopic (exact) mass is 436 g/mol. The fourth-order valence-electron chi connectivity index (χ4n) is 3.22. The number of hydrogen-bond donors (Lipinski definition) is 3. The number of nitrogens with zero attached hydrogens (tertiary/aromatic N) is 1. The van der Waals surface area contributed by atoms with Crippen LogP contribution in [0.15, 0.2) is 47.8 Å². The molecule has 3 aromatic rings. The predicted molar refractivity (Wildman–Crippen MR) is 125 cm³/mol. The second-order valence-electron chi connectivity index (χ2n) is 7.46. The van der Waals surface area contributed by atoms with Gasteiger partial charge < -0.3 is 5.32 Å². The summed E-state index contributed by atoms with van der Waals surface area (Å²) >= 11 is 1.40. The number of thiazole rings is 1. The molecule has 0 aliphatic rings. The smallest absolute Gasteiger partial charge is 0.333 e. The molecule has 0 unspecified atom stereocenters. The van der Waals surface area contributed by atoms with E-state index in [1.807, 2.05) is 12.1 Å². The first-order valence-corrected chi connectivity index (χ1v) is 11.3. The van der Waals surface area contributed by atoms with Crippen LogP contribution in [0.1, 0.15) is 46.1 Å². The number of rotatable bonds is 7. The summed E-state index contributed by atoms with van der Waals surface area (Å²) in [7, 11) is 0. The number of carbonyl (C=O) groups is 2. The normalized spacial score (nSPS) is 10.5. The summed E-state index contributed by atoms with van der Waals surface area (Å²) in [5.41, 5.74) is 11.1. The average molecular weight is 437 g/mol. The molecule has 2 aromatic carbocycles. The molecule has 0 saturated heterocycles. The van der Waals surface area contributed by atoms with Gasteiger partial charge in [-0.05, 0) is 49.8 Å². The van der Waals surface area contributed by atoms with Crippen LogP contribution in [0.25, 0.3) is 10.6 Å². The van der Waals surface area contributed by atoms with E-state index in [0.717, 1.165) is 29.8 Å². The Morgan fingerprint density at radius 2 is 1.81 bits per heavy atom. The molecule has 0 aliphatic carbocycles. The van der Waals surface area contributed by atoms with Gasteiger partial charge in [-0.15, -0.1) is 11.3 Å². The molecule has 3 N–H and O–H groups in total. The predicted octanol–water partition coefficient (Wildman–Crippen LogP) is 4.57. The summed E-state index contributed by atoms with van der Waals surface area (Å²) in [4.78, 5) is 28.6. The second-order valence-corrected chi connectivity index (χ2v) is 8.31. The Balaban J connectivity index is 1.40. The first-order chi connectivity index (χ1) is 15.0. The molecule has 0 radical (unpaired) electrons. The fraction of sp³-hybridized carbons (Fsp3) is 0.292. The Bertz CT molecular complexity index is 1040. The van der Waals surface area contributed by atoms with Crippen molar-refractivity contribution in [2.45, 2.75) is 40.0 Å². The Hall–Kier alpha value is -3.19. The van der Waals surface area contributed by atoms with Crippen molar-refractivity contribution in [3.63, 3.8) is 0 Å². The van der Waals surface area contributed by atoms with Gasteiger partial charge in [0.2, 0.25) is 0 Å². The Morgan fingerprint density at radius 3 is 2.52 bits per heavy atom. The molecule has 162 valence electrons. The number of aromatic nitrogens is 1. The second kappa shape index (κ2) is 10.7. The molecule has 0 fully saturated rings. The maximum Gasteiger partial charge on any atom is 0.333 e. The molecule has 0 saturated carbocycles. The number of hydrazine groups is 1. The number of urea groups is 1. The van der Waals surface area contributed by atoms with Gasteiger partial charge >= 0.3 is 6.03 Å². The van der Waals surface area contributed by atoms with E-state index >= 15 is 0 Å². The molecule has 0 bridgehead atoms. The minimum atomic E-state index is -0.446. The summed E-state index contributed by atoms with van der Waals surface area (Å²) < 4.78 is 0. The topological polar surface area (TPSA) is 83.1 Å². The molecular weight excluding hydrogens is 408 g/mol. The molecule has 1 heterocycles. The fourth-order valence-corrected chi connectivity index (χ4v) is 4.03. The maximum absolute atomic E-state index is 12.3. The zero-order chi connectivity index (χ0) is 22.2. The van der Waals surface area contributed by atoms with Gasteiger partial charge in [0.15, 0.2) is 0 Å². The van der Waals surface area contributed by atoms with Gasteiger partial charge in [-0.3, -0.25) is 10.2 Å². The van der Waals surface area contributed by atoms with Crippen LogP contribution in [-0.2, 0) is 12.8 Å². The summed E-state index contributed by atoms with van der Waals surface area (Å²) in [6.45, 7) is 6.80. The molecule has 6 nitrogen and oxygen atoms in total. The number of carbonyl (C=O) groups excluding carboxylic acids is 2. The number of amides is 3. The van der Waals surface area contributed by atoms with E-state index in [2.05, 4.69) is 72.3 Å². The molecule has 7 heteroatoms. The Kier molecular flexibility index (Phi) is 7.78. The van der Waals surface area contributed by atoms with Crippen LogP contribution in [0.2, 0.25) is 0 Å². The van der Waals surface area contributed by atoms with Crippen LogP contribution in [0.5, 0.6) is 0 Å². The van der Waals surface area contributed by atoms with E-state index in [-0.39, 0.29) is 5.69 Å². The van der Waals surface area contributed by atoms with Crippen LogP contribution >= 0.6 is 11.3 Å². The molecule has 31 heavy (non-hydrogen) atoms. The number of aryl methyl sites for hydroxylation is 4. The van der Waals surface area contributed by atoms with Gasteiger partial charge in [-0.25, -0.2) is 15.2 Å². The number of nitrogens with one attached hydrogen (secondary N) is 3. The third-order valence-electron chi connectivity index (χ3n) is 5.04. The summed E-state index contributed by atoms with van der Waals surface area (Å²) in [6, 6.07) is 14.1. The van der Waals surface area contributed by atoms with Crippen molar-refractivity contribution in [1.29, 1.82) is 0 Å². The lowest BCUT2D eigenvalue weighted by Gasteiger charge is -2.09. The van der Waals surface area contributed by atoms with Crippen molar-refractivity contribution in [2.24, 2.45) is 0 Å². The van der Waals surface area contributed by atoms with Crippen LogP contribution in [0, 0.1) is 13.8 Å². The molecule has 1 aromatic heterocycles. The SMILES string of the molecule is CCc1ccc(-c2nc(C(=O)NNC(=O)NCCCc3ccc(C)cc3C)cs2)cc1. The third-order valence-corrected chi connectivity index (χ3v) is 5.93. The Labute approximate surface area is 187 Å². The van der Waals surface area contributed by atoms with Crippen LogP contribution in [-0.4, -0.2) is 23.5 Å². The van der Waals surface area contributed by atoms with E-state index in [1.54, 1.807) is 5.38 Å². The van der Waals surface area contributed by atoms with Gasteiger partial charge in [0, 0.05) is 17.5 Å². The molecular formula is C24H28N4O2S. The lowest BCUT2D eigenvalue weighted by molar-refractivity contribution is 0.0932. The first kappa shape index (κ1) is 22.5. The third kappa shape index (κ3) is 6.39. The lowest BCUT2D eigenvalue weighted by atomic mass is 10.0. The zero-order valence-corrected chi connectivity index (χ0v) is 18.9. The van der Waals surface area contributed by atoms with Crippen molar-refractivity contribution >= 4 is 23.3 Å². The van der Waals surface area contributed by atoms with Gasteiger partial charge in [0.1, 0.15) is 10.7 Å². The first-order valence-electron chi connectivity index (χ1n) is 10.4. The van der Waals surface area contributed by atoms with Gasteiger partial charge in [0.25, 0.3) is 5.91 Å². The summed E-state index contributed by atoms with van der Waals surface area (Å²) in [5.74, 6) is -0.446. The molecule has 0 aliphatic heterocycles.